The van der Waals surface area contributed by atoms with Crippen LogP contribution in [0.15, 0.2) is 48.6 Å². The molecule has 2 saturated heterocycles. The maximum Gasteiger partial charge on any atom is 0.329 e. The Morgan fingerprint density at radius 2 is 1.28 bits per heavy atom. The Morgan fingerprint density at radius 1 is 0.767 bits per heavy atom. The largest absolute Gasteiger partial charge is 0.497 e. The van der Waals surface area contributed by atoms with Crippen LogP contribution in [0.1, 0.15) is 42.5 Å². The summed E-state index contributed by atoms with van der Waals surface area (Å²) in [5.74, 6) is -2.87. The van der Waals surface area contributed by atoms with Crippen LogP contribution in [0.3, 0.4) is 0 Å². The van der Waals surface area contributed by atoms with E-state index in [1.54, 1.807) is 24.3 Å². The van der Waals surface area contributed by atoms with Crippen molar-refractivity contribution in [2.45, 2.75) is 38.1 Å². The molecule has 10 heteroatoms. The molecule has 4 bridgehead atoms. The minimum absolute atomic E-state index is 0.0128. The van der Waals surface area contributed by atoms with E-state index in [-0.39, 0.29) is 72.1 Å². The summed E-state index contributed by atoms with van der Waals surface area (Å²) in [5, 5.41) is 0. The second-order valence-corrected chi connectivity index (χ2v) is 12.6. The summed E-state index contributed by atoms with van der Waals surface area (Å²) in [4.78, 5) is 81.8. The molecule has 9 atom stereocenters. The molecule has 1 aromatic carbocycles. The van der Waals surface area contributed by atoms with Crippen molar-refractivity contribution >= 4 is 35.4 Å². The van der Waals surface area contributed by atoms with E-state index in [1.165, 1.54) is 12.0 Å². The maximum atomic E-state index is 13.5. The van der Waals surface area contributed by atoms with Crippen LogP contribution in [0.2, 0.25) is 0 Å². The number of nitrogens with zero attached hydrogens (tertiary/aromatic N) is 2. The number of carbonyl (C=O) groups excluding carboxylic acids is 6. The van der Waals surface area contributed by atoms with Crippen molar-refractivity contribution in [3.05, 3.63) is 54.1 Å². The molecular formula is C33H34N2O8. The highest BCUT2D eigenvalue weighted by molar-refractivity contribution is 6.09. The van der Waals surface area contributed by atoms with Gasteiger partial charge in [-0.3, -0.25) is 33.8 Å². The number of imide groups is 2. The predicted octanol–water partition coefficient (Wildman–Crippen LogP) is 2.57. The number of esters is 1. The fraction of sp³-hybridized carbons (Fsp3) is 0.515. The average Bonchev–Trinajstić information content (AvgIpc) is 3.87. The molecule has 7 rings (SSSR count). The van der Waals surface area contributed by atoms with Crippen LogP contribution in [0.4, 0.5) is 0 Å². The Labute approximate surface area is 249 Å². The third-order valence-corrected chi connectivity index (χ3v) is 10.5. The molecule has 0 aromatic heterocycles. The van der Waals surface area contributed by atoms with Gasteiger partial charge >= 0.3 is 5.97 Å². The van der Waals surface area contributed by atoms with Gasteiger partial charge in [-0.05, 0) is 80.0 Å². The van der Waals surface area contributed by atoms with Crippen molar-refractivity contribution in [2.24, 2.45) is 47.3 Å². The van der Waals surface area contributed by atoms with Crippen molar-refractivity contribution in [3.8, 4) is 5.75 Å². The average molecular weight is 587 g/mol. The van der Waals surface area contributed by atoms with Gasteiger partial charge in [-0.25, -0.2) is 4.79 Å². The number of rotatable bonds is 11. The van der Waals surface area contributed by atoms with Gasteiger partial charge in [-0.1, -0.05) is 24.3 Å². The molecule has 4 fully saturated rings. The first-order valence-corrected chi connectivity index (χ1v) is 15.2. The Kier molecular flexibility index (Phi) is 6.82. The van der Waals surface area contributed by atoms with Crippen LogP contribution in [0.25, 0.3) is 0 Å². The molecule has 10 nitrogen and oxygen atoms in total. The van der Waals surface area contributed by atoms with Crippen molar-refractivity contribution in [1.82, 2.24) is 9.80 Å². The van der Waals surface area contributed by atoms with Gasteiger partial charge in [0.15, 0.2) is 12.4 Å². The van der Waals surface area contributed by atoms with Gasteiger partial charge in [0.25, 0.3) is 0 Å². The van der Waals surface area contributed by atoms with E-state index in [2.05, 4.69) is 12.2 Å². The summed E-state index contributed by atoms with van der Waals surface area (Å²) in [6.45, 7) is -0.309. The summed E-state index contributed by atoms with van der Waals surface area (Å²) in [5.41, 5.74) is 0.337. The highest BCUT2D eigenvalue weighted by Gasteiger charge is 2.61. The van der Waals surface area contributed by atoms with E-state index in [0.717, 1.165) is 17.7 Å². The maximum absolute atomic E-state index is 13.5. The van der Waals surface area contributed by atoms with Crippen molar-refractivity contribution in [1.29, 1.82) is 0 Å². The molecule has 4 amide bonds. The number of ketones is 1. The number of amides is 4. The van der Waals surface area contributed by atoms with Gasteiger partial charge in [0.2, 0.25) is 23.6 Å². The van der Waals surface area contributed by atoms with Crippen LogP contribution in [-0.4, -0.2) is 71.5 Å². The molecule has 2 aliphatic heterocycles. The Morgan fingerprint density at radius 3 is 1.79 bits per heavy atom. The number of likely N-dealkylation sites (tertiary alicyclic amines) is 2. The fourth-order valence-electron chi connectivity index (χ4n) is 8.47. The first kappa shape index (κ1) is 27.7. The number of carbonyl (C=O) groups is 6. The topological polar surface area (TPSA) is 127 Å². The van der Waals surface area contributed by atoms with E-state index in [0.29, 0.717) is 24.2 Å². The normalized spacial score (nSPS) is 33.5. The van der Waals surface area contributed by atoms with E-state index >= 15 is 0 Å². The second kappa shape index (κ2) is 10.6. The molecule has 1 aromatic rings. The molecule has 4 aliphatic carbocycles. The van der Waals surface area contributed by atoms with Gasteiger partial charge in [0.1, 0.15) is 11.8 Å². The molecule has 0 spiro atoms. The SMILES string of the molecule is COc1ccc(C(=O)COC(=O)C(CCCCN2C(=O)C3C4C=CC(C4)C3C2=O)N2C(=O)C3C4C=CC(C4)C3C2=O)cc1. The lowest BCUT2D eigenvalue weighted by Gasteiger charge is -2.26. The number of allylic oxidation sites excluding steroid dienone is 4. The fourth-order valence-corrected chi connectivity index (χ4v) is 8.47. The quantitative estimate of drug-likeness (QED) is 0.127. The molecule has 2 heterocycles. The highest BCUT2D eigenvalue weighted by Crippen LogP contribution is 2.54. The van der Waals surface area contributed by atoms with E-state index in [1.807, 2.05) is 12.2 Å². The number of methoxy groups -OCH3 is 1. The number of hydrogen-bond donors (Lipinski definition) is 0. The molecular weight excluding hydrogens is 552 g/mol. The summed E-state index contributed by atoms with van der Waals surface area (Å²) in [7, 11) is 1.52. The van der Waals surface area contributed by atoms with Crippen molar-refractivity contribution in [2.75, 3.05) is 20.3 Å². The van der Waals surface area contributed by atoms with Crippen LogP contribution >= 0.6 is 0 Å². The standard InChI is InChI=1S/C33H34N2O8/c1-42-22-11-9-17(10-12-22)24(36)16-43-33(41)23(35-31(39)27-20-7-8-21(15-20)28(27)32(35)40)4-2-3-13-34-29(37)25-18-5-6-19(14-18)26(25)30(34)38/h5-12,18-21,23,25-28H,2-4,13-16H2,1H3. The minimum Gasteiger partial charge on any atom is -0.497 e. The number of fused-ring (bicyclic) bond motifs is 10. The molecule has 0 radical (unpaired) electrons. The summed E-state index contributed by atoms with van der Waals surface area (Å²) >= 11 is 0. The lowest BCUT2D eigenvalue weighted by atomic mass is 9.85. The molecule has 224 valence electrons. The van der Waals surface area contributed by atoms with Crippen LogP contribution in [0, 0.1) is 47.3 Å². The molecule has 6 aliphatic rings. The number of Topliss-reactive ketones (excluding diaryl/α,β-unsaturated/α-hetero) is 1. The van der Waals surface area contributed by atoms with Crippen LogP contribution in [0.5, 0.6) is 5.75 Å². The zero-order valence-electron chi connectivity index (χ0n) is 23.9. The summed E-state index contributed by atoms with van der Waals surface area (Å²) in [6.07, 6.45) is 10.6. The highest BCUT2D eigenvalue weighted by atomic mass is 16.5. The second-order valence-electron chi connectivity index (χ2n) is 12.6. The number of unbranched alkanes of at least 4 members (excludes halogenated alkanes) is 1. The van der Waals surface area contributed by atoms with Gasteiger partial charge < -0.3 is 9.47 Å². The van der Waals surface area contributed by atoms with Crippen LogP contribution in [-0.2, 0) is 28.7 Å². The monoisotopic (exact) mass is 586 g/mol. The van der Waals surface area contributed by atoms with E-state index < -0.39 is 36.2 Å². The zero-order valence-corrected chi connectivity index (χ0v) is 23.9. The van der Waals surface area contributed by atoms with Gasteiger partial charge in [-0.2, -0.15) is 0 Å². The first-order valence-electron chi connectivity index (χ1n) is 15.2. The number of benzene rings is 1. The molecule has 43 heavy (non-hydrogen) atoms. The zero-order chi connectivity index (χ0) is 30.0. The first-order chi connectivity index (χ1) is 20.8. The van der Waals surface area contributed by atoms with Crippen molar-refractivity contribution in [3.63, 3.8) is 0 Å². The Bertz CT molecular complexity index is 1400. The summed E-state index contributed by atoms with van der Waals surface area (Å²) < 4.78 is 10.5. The number of hydrogen-bond acceptors (Lipinski definition) is 8. The van der Waals surface area contributed by atoms with Gasteiger partial charge in [0.05, 0.1) is 30.8 Å². The minimum atomic E-state index is -1.18. The Hall–Kier alpha value is -4.08. The van der Waals surface area contributed by atoms with E-state index in [4.69, 9.17) is 9.47 Å². The third kappa shape index (κ3) is 4.36. The lowest BCUT2D eigenvalue weighted by Crippen LogP contribution is -2.47. The number of ether oxygens (including phenoxy) is 2. The molecule has 0 N–H and O–H groups in total. The van der Waals surface area contributed by atoms with Crippen LogP contribution < -0.4 is 4.74 Å². The predicted molar refractivity (Wildman–Crippen MR) is 150 cm³/mol. The van der Waals surface area contributed by atoms with Gasteiger partial charge in [0, 0.05) is 12.1 Å². The van der Waals surface area contributed by atoms with Gasteiger partial charge in [-0.15, -0.1) is 0 Å². The third-order valence-electron chi connectivity index (χ3n) is 10.5. The Balaban J connectivity index is 1.02. The van der Waals surface area contributed by atoms with Crippen molar-refractivity contribution < 1.29 is 38.2 Å². The summed E-state index contributed by atoms with van der Waals surface area (Å²) in [6, 6.07) is 5.22. The van der Waals surface area contributed by atoms with E-state index in [9.17, 15) is 28.8 Å². The smallest absolute Gasteiger partial charge is 0.329 e. The molecule has 2 saturated carbocycles. The molecule has 9 unspecified atom stereocenters. The lowest BCUT2D eigenvalue weighted by molar-refractivity contribution is -0.159.